The number of likely N-dealkylation sites (tertiary alicyclic amines) is 1. The summed E-state index contributed by atoms with van der Waals surface area (Å²) >= 11 is 8.89. The average Bonchev–Trinajstić information content (AvgIpc) is 3.40. The molecule has 0 saturated carbocycles. The van der Waals surface area contributed by atoms with E-state index >= 15 is 8.78 Å². The summed E-state index contributed by atoms with van der Waals surface area (Å²) in [5.41, 5.74) is 0.840. The number of halogens is 4. The summed E-state index contributed by atoms with van der Waals surface area (Å²) in [6, 6.07) is 2.84. The molecule has 2 aromatic rings. The Labute approximate surface area is 231 Å². The Morgan fingerprint density at radius 2 is 2.24 bits per heavy atom. The molecule has 0 spiro atoms. The summed E-state index contributed by atoms with van der Waals surface area (Å²) in [4.78, 5) is 34.4. The Hall–Kier alpha value is -2.41. The first-order valence-corrected chi connectivity index (χ1v) is 14.4. The van der Waals surface area contributed by atoms with Gasteiger partial charge in [-0.1, -0.05) is 17.7 Å². The number of thioether (sulfide) groups is 1. The fraction of sp³-hybridized carbons (Fsp3) is 0.440. The number of nitrogens with one attached hydrogen (secondary N) is 1. The zero-order valence-electron chi connectivity index (χ0n) is 20.5. The lowest BCUT2D eigenvalue weighted by atomic mass is 9.93. The number of carbonyl (C=O) groups excluding carboxylic acids is 2. The molecule has 1 aromatic carbocycles. The van der Waals surface area contributed by atoms with Gasteiger partial charge >= 0.3 is 5.97 Å². The molecular weight excluding hydrogens is 561 g/mol. The van der Waals surface area contributed by atoms with Crippen LogP contribution in [-0.2, 0) is 14.3 Å². The molecule has 2 aliphatic heterocycles. The molecule has 1 saturated heterocycles. The van der Waals surface area contributed by atoms with Gasteiger partial charge in [-0.05, 0) is 32.0 Å². The van der Waals surface area contributed by atoms with Crippen LogP contribution in [-0.4, -0.2) is 71.6 Å². The van der Waals surface area contributed by atoms with Crippen molar-refractivity contribution in [3.8, 4) is 0 Å². The van der Waals surface area contributed by atoms with Crippen LogP contribution in [0.25, 0.3) is 0 Å². The fourth-order valence-electron chi connectivity index (χ4n) is 4.45. The van der Waals surface area contributed by atoms with Crippen molar-refractivity contribution in [1.82, 2.24) is 15.2 Å². The predicted molar refractivity (Wildman–Crippen MR) is 142 cm³/mol. The van der Waals surface area contributed by atoms with Crippen molar-refractivity contribution in [3.63, 3.8) is 0 Å². The van der Waals surface area contributed by atoms with Gasteiger partial charge in [0.15, 0.2) is 10.8 Å². The molecule has 0 radical (unpaired) electrons. The van der Waals surface area contributed by atoms with Crippen molar-refractivity contribution in [1.29, 1.82) is 0 Å². The third-order valence-corrected chi connectivity index (χ3v) is 8.34. The highest BCUT2D eigenvalue weighted by molar-refractivity contribution is 7.99. The molecule has 3 heterocycles. The van der Waals surface area contributed by atoms with Crippen LogP contribution in [0.2, 0.25) is 5.02 Å². The van der Waals surface area contributed by atoms with Crippen LogP contribution in [0, 0.1) is 11.7 Å². The average molecular weight is 587 g/mol. The number of benzene rings is 1. The zero-order chi connectivity index (χ0) is 27.3. The number of thiazole rings is 1. The van der Waals surface area contributed by atoms with Crippen LogP contribution in [0.1, 0.15) is 30.0 Å². The first kappa shape index (κ1) is 28.6. The Morgan fingerprint density at radius 3 is 2.89 bits per heavy atom. The number of hydrogen-bond acceptors (Lipinski definition) is 9. The fourth-order valence-corrected chi connectivity index (χ4v) is 6.23. The van der Waals surface area contributed by atoms with Crippen molar-refractivity contribution in [3.05, 3.63) is 62.5 Å². The minimum absolute atomic E-state index is 0.00233. The van der Waals surface area contributed by atoms with E-state index in [1.54, 1.807) is 23.4 Å². The van der Waals surface area contributed by atoms with Gasteiger partial charge in [-0.2, -0.15) is 11.8 Å². The Balaban J connectivity index is 1.70. The highest BCUT2D eigenvalue weighted by Crippen LogP contribution is 2.39. The SMILES string of the molecule is CCOC(=O)C1=C(CN2CCC(CSCC=O)C(F)(F)C2)NC(c2nccs2)=N[C@H]1c1ccc(F)cc1Cl. The molecule has 1 N–H and O–H groups in total. The van der Waals surface area contributed by atoms with E-state index in [0.717, 1.165) is 6.07 Å². The molecular formula is C25H26ClF3N4O3S2. The molecule has 204 valence electrons. The van der Waals surface area contributed by atoms with E-state index in [1.807, 2.05) is 0 Å². The van der Waals surface area contributed by atoms with E-state index in [0.29, 0.717) is 34.9 Å². The lowest BCUT2D eigenvalue weighted by molar-refractivity contribution is -0.139. The van der Waals surface area contributed by atoms with Gasteiger partial charge in [-0.15, -0.1) is 11.3 Å². The van der Waals surface area contributed by atoms with Crippen LogP contribution in [0.3, 0.4) is 0 Å². The normalized spacial score (nSPS) is 21.6. The van der Waals surface area contributed by atoms with Gasteiger partial charge in [-0.25, -0.2) is 22.9 Å². The number of ether oxygens (including phenoxy) is 1. The van der Waals surface area contributed by atoms with E-state index in [1.165, 1.54) is 35.2 Å². The van der Waals surface area contributed by atoms with Crippen molar-refractivity contribution in [2.45, 2.75) is 25.3 Å². The lowest BCUT2D eigenvalue weighted by Gasteiger charge is -2.39. The number of hydrogen-bond donors (Lipinski definition) is 1. The summed E-state index contributed by atoms with van der Waals surface area (Å²) in [6.45, 7) is 1.61. The number of alkyl halides is 2. The molecule has 0 bridgehead atoms. The number of nitrogens with zero attached hydrogens (tertiary/aromatic N) is 3. The molecule has 4 rings (SSSR count). The Bertz CT molecular complexity index is 1230. The van der Waals surface area contributed by atoms with E-state index in [4.69, 9.17) is 16.3 Å². The van der Waals surface area contributed by atoms with Gasteiger partial charge in [0.2, 0.25) is 0 Å². The van der Waals surface area contributed by atoms with Gasteiger partial charge in [0.25, 0.3) is 5.92 Å². The number of aldehydes is 1. The maximum Gasteiger partial charge on any atom is 0.338 e. The molecule has 2 aliphatic rings. The number of carbonyl (C=O) groups is 2. The smallest absolute Gasteiger partial charge is 0.338 e. The van der Waals surface area contributed by atoms with Crippen molar-refractivity contribution in [2.75, 3.05) is 37.7 Å². The second-order valence-electron chi connectivity index (χ2n) is 8.78. The van der Waals surface area contributed by atoms with Crippen molar-refractivity contribution < 1.29 is 27.5 Å². The molecule has 1 unspecified atom stereocenters. The maximum atomic E-state index is 15.1. The van der Waals surface area contributed by atoms with E-state index in [-0.39, 0.29) is 41.7 Å². The highest BCUT2D eigenvalue weighted by Gasteiger charge is 2.45. The Kier molecular flexibility index (Phi) is 9.50. The molecule has 7 nitrogen and oxygen atoms in total. The number of esters is 1. The third-order valence-electron chi connectivity index (χ3n) is 6.23. The number of piperidine rings is 1. The van der Waals surface area contributed by atoms with Gasteiger partial charge in [0, 0.05) is 51.8 Å². The molecule has 38 heavy (non-hydrogen) atoms. The minimum Gasteiger partial charge on any atom is -0.463 e. The first-order chi connectivity index (χ1) is 18.2. The van der Waals surface area contributed by atoms with Gasteiger partial charge in [0.1, 0.15) is 18.1 Å². The minimum atomic E-state index is -2.97. The molecule has 2 atom stereocenters. The first-order valence-electron chi connectivity index (χ1n) is 11.9. The summed E-state index contributed by atoms with van der Waals surface area (Å²) in [6.07, 6.45) is 2.55. The number of amidine groups is 1. The molecule has 1 aromatic heterocycles. The van der Waals surface area contributed by atoms with Gasteiger partial charge in [0.05, 0.1) is 18.7 Å². The summed E-state index contributed by atoms with van der Waals surface area (Å²) in [7, 11) is 0. The molecule has 0 amide bonds. The van der Waals surface area contributed by atoms with Gasteiger partial charge < -0.3 is 14.8 Å². The zero-order valence-corrected chi connectivity index (χ0v) is 22.9. The van der Waals surface area contributed by atoms with Crippen molar-refractivity contribution >= 4 is 52.8 Å². The third kappa shape index (κ3) is 6.59. The van der Waals surface area contributed by atoms with E-state index in [9.17, 15) is 14.0 Å². The number of rotatable bonds is 10. The second-order valence-corrected chi connectivity index (χ2v) is 11.2. The highest BCUT2D eigenvalue weighted by atomic mass is 35.5. The standard InChI is InChI=1S/C25H26ClF3N4O3S2/c1-2-36-24(35)20-19(12-33-7-5-15(13-37-10-8-34)25(28,29)14-33)31-22(23-30-6-9-38-23)32-21(20)17-4-3-16(27)11-18(17)26/h3-4,6,8-9,11,15,21H,2,5,7,10,12-14H2,1H3,(H,31,32)/t15?,21-/m0/s1. The van der Waals surface area contributed by atoms with Crippen LogP contribution >= 0.6 is 34.7 Å². The van der Waals surface area contributed by atoms with Crippen LogP contribution in [0.15, 0.2) is 46.0 Å². The quantitative estimate of drug-likeness (QED) is 0.245. The summed E-state index contributed by atoms with van der Waals surface area (Å²) < 4.78 is 49.3. The summed E-state index contributed by atoms with van der Waals surface area (Å²) in [5.74, 6) is -4.31. The maximum absolute atomic E-state index is 15.1. The Morgan fingerprint density at radius 1 is 1.42 bits per heavy atom. The van der Waals surface area contributed by atoms with Crippen LogP contribution < -0.4 is 5.32 Å². The topological polar surface area (TPSA) is 83.9 Å². The molecule has 13 heteroatoms. The molecule has 1 fully saturated rings. The molecule has 0 aliphatic carbocycles. The largest absolute Gasteiger partial charge is 0.463 e. The van der Waals surface area contributed by atoms with E-state index < -0.39 is 36.2 Å². The van der Waals surface area contributed by atoms with Crippen LogP contribution in [0.5, 0.6) is 0 Å². The van der Waals surface area contributed by atoms with E-state index in [2.05, 4.69) is 15.3 Å². The van der Waals surface area contributed by atoms with Crippen molar-refractivity contribution in [2.24, 2.45) is 10.9 Å². The van der Waals surface area contributed by atoms with Crippen LogP contribution in [0.4, 0.5) is 13.2 Å². The monoisotopic (exact) mass is 586 g/mol. The predicted octanol–water partition coefficient (Wildman–Crippen LogP) is 4.73. The number of aromatic nitrogens is 1. The lowest BCUT2D eigenvalue weighted by Crippen LogP contribution is -2.51. The van der Waals surface area contributed by atoms with Gasteiger partial charge in [-0.3, -0.25) is 9.89 Å². The second kappa shape index (κ2) is 12.6. The number of aliphatic imine (C=N–C) groups is 1. The summed E-state index contributed by atoms with van der Waals surface area (Å²) in [5, 5.41) is 5.50.